The van der Waals surface area contributed by atoms with Crippen LogP contribution in [0.25, 0.3) is 0 Å². The van der Waals surface area contributed by atoms with Crippen LogP contribution in [0.3, 0.4) is 0 Å². The first-order chi connectivity index (χ1) is 8.31. The Hall–Kier alpha value is -1.07. The largest absolute Gasteiger partial charge is 0.382 e. The molecule has 1 saturated carbocycles. The minimum atomic E-state index is 0.647. The topological polar surface area (TPSA) is 48.3 Å². The molecule has 0 radical (unpaired) electrons. The number of hydrogen-bond acceptors (Lipinski definition) is 4. The van der Waals surface area contributed by atoms with Crippen LogP contribution in [-0.4, -0.2) is 43.0 Å². The van der Waals surface area contributed by atoms with Gasteiger partial charge in [0.2, 0.25) is 5.95 Å². The monoisotopic (exact) mass is 239 g/mol. The minimum Gasteiger partial charge on any atom is -0.382 e. The van der Waals surface area contributed by atoms with Crippen LogP contribution < -0.4 is 5.32 Å². The molecule has 17 heavy (non-hydrogen) atoms. The van der Waals surface area contributed by atoms with E-state index < -0.39 is 0 Å². The molecule has 0 aliphatic heterocycles. The van der Waals surface area contributed by atoms with Crippen LogP contribution in [0.5, 0.6) is 0 Å². The Balaban J connectivity index is 1.71. The molecular weight excluding hydrogens is 218 g/mol. The first-order valence-electron chi connectivity index (χ1n) is 6.17. The summed E-state index contributed by atoms with van der Waals surface area (Å²) in [5.74, 6) is 0.973. The van der Waals surface area contributed by atoms with Crippen molar-refractivity contribution in [2.45, 2.75) is 25.8 Å². The lowest BCUT2D eigenvalue weighted by Crippen LogP contribution is -2.14. The van der Waals surface area contributed by atoms with Gasteiger partial charge in [-0.15, -0.1) is 0 Å². The second kappa shape index (κ2) is 6.02. The Labute approximate surface area is 102 Å². The van der Waals surface area contributed by atoms with Crippen molar-refractivity contribution in [3.05, 3.63) is 11.9 Å². The van der Waals surface area contributed by atoms with Gasteiger partial charge in [0, 0.05) is 25.9 Å². The molecule has 2 rings (SSSR count). The maximum Gasteiger partial charge on any atom is 0.203 e. The van der Waals surface area contributed by atoms with E-state index in [1.165, 1.54) is 12.8 Å². The van der Waals surface area contributed by atoms with Gasteiger partial charge in [-0.05, 0) is 19.8 Å². The molecule has 1 heterocycles. The molecule has 5 nitrogen and oxygen atoms in total. The highest BCUT2D eigenvalue weighted by atomic mass is 16.5. The highest BCUT2D eigenvalue weighted by Gasteiger charge is 2.25. The van der Waals surface area contributed by atoms with Crippen molar-refractivity contribution in [2.24, 2.45) is 0 Å². The van der Waals surface area contributed by atoms with Gasteiger partial charge in [-0.3, -0.25) is 0 Å². The third kappa shape index (κ3) is 3.71. The maximum atomic E-state index is 5.39. The zero-order valence-electron chi connectivity index (χ0n) is 10.6. The predicted molar refractivity (Wildman–Crippen MR) is 66.4 cm³/mol. The molecule has 96 valence electrons. The van der Waals surface area contributed by atoms with E-state index in [0.29, 0.717) is 25.9 Å². The Bertz CT molecular complexity index is 348. The summed E-state index contributed by atoms with van der Waals surface area (Å²) in [7, 11) is 1.68. The molecule has 1 aromatic heterocycles. The number of imidazole rings is 1. The standard InChI is InChI=1S/C12H21N3O2/c1-10-9-15(11-3-4-11)12(14-10)13-5-6-17-8-7-16-2/h9,11H,3-8H2,1-2H3,(H,13,14). The second-order valence-electron chi connectivity index (χ2n) is 4.38. The molecular formula is C12H21N3O2. The molecule has 1 fully saturated rings. The molecule has 1 aliphatic carbocycles. The molecule has 0 amide bonds. The summed E-state index contributed by atoms with van der Waals surface area (Å²) in [6.07, 6.45) is 4.66. The number of ether oxygens (including phenoxy) is 2. The van der Waals surface area contributed by atoms with E-state index in [4.69, 9.17) is 9.47 Å². The van der Waals surface area contributed by atoms with Gasteiger partial charge >= 0.3 is 0 Å². The van der Waals surface area contributed by atoms with Crippen LogP contribution in [0.15, 0.2) is 6.20 Å². The highest BCUT2D eigenvalue weighted by molar-refractivity contribution is 5.30. The van der Waals surface area contributed by atoms with Crippen LogP contribution in [0.2, 0.25) is 0 Å². The molecule has 0 atom stereocenters. The van der Waals surface area contributed by atoms with E-state index in [2.05, 4.69) is 21.1 Å². The molecule has 5 heteroatoms. The van der Waals surface area contributed by atoms with Gasteiger partial charge in [0.15, 0.2) is 0 Å². The Morgan fingerprint density at radius 1 is 1.41 bits per heavy atom. The molecule has 1 aliphatic rings. The van der Waals surface area contributed by atoms with Gasteiger partial charge in [0.05, 0.1) is 25.5 Å². The molecule has 0 unspecified atom stereocenters. The zero-order chi connectivity index (χ0) is 12.1. The number of rotatable bonds is 8. The van der Waals surface area contributed by atoms with E-state index in [0.717, 1.165) is 18.2 Å². The van der Waals surface area contributed by atoms with Gasteiger partial charge in [-0.1, -0.05) is 0 Å². The van der Waals surface area contributed by atoms with Gasteiger partial charge < -0.3 is 19.4 Å². The minimum absolute atomic E-state index is 0.647. The van der Waals surface area contributed by atoms with Gasteiger partial charge in [0.25, 0.3) is 0 Å². The number of aryl methyl sites for hydroxylation is 1. The van der Waals surface area contributed by atoms with E-state index in [9.17, 15) is 0 Å². The third-order valence-corrected chi connectivity index (χ3v) is 2.75. The summed E-state index contributed by atoms with van der Waals surface area (Å²) < 4.78 is 12.5. The van der Waals surface area contributed by atoms with Crippen molar-refractivity contribution < 1.29 is 9.47 Å². The van der Waals surface area contributed by atoms with Crippen molar-refractivity contribution in [3.8, 4) is 0 Å². The molecule has 0 bridgehead atoms. The fraction of sp³-hybridized carbons (Fsp3) is 0.750. The average Bonchev–Trinajstić information content (AvgIpc) is 3.08. The normalized spacial score (nSPS) is 15.2. The zero-order valence-corrected chi connectivity index (χ0v) is 10.6. The molecule has 1 N–H and O–H groups in total. The fourth-order valence-corrected chi connectivity index (χ4v) is 1.76. The first-order valence-corrected chi connectivity index (χ1v) is 6.17. The van der Waals surface area contributed by atoms with Crippen LogP contribution in [0, 0.1) is 6.92 Å². The number of nitrogens with one attached hydrogen (secondary N) is 1. The average molecular weight is 239 g/mol. The van der Waals surface area contributed by atoms with Crippen molar-refractivity contribution in [1.82, 2.24) is 9.55 Å². The Morgan fingerprint density at radius 3 is 2.94 bits per heavy atom. The molecule has 0 spiro atoms. The predicted octanol–water partition coefficient (Wildman–Crippen LogP) is 1.60. The SMILES string of the molecule is COCCOCCNc1nc(C)cn1C1CC1. The first kappa shape index (κ1) is 12.4. The number of anilines is 1. The van der Waals surface area contributed by atoms with Crippen LogP contribution >= 0.6 is 0 Å². The fourth-order valence-electron chi connectivity index (χ4n) is 1.76. The summed E-state index contributed by atoms with van der Waals surface area (Å²) in [6, 6.07) is 0.660. The molecule has 0 aromatic carbocycles. The number of aromatic nitrogens is 2. The molecule has 1 aromatic rings. The van der Waals surface area contributed by atoms with Crippen LogP contribution in [-0.2, 0) is 9.47 Å². The van der Waals surface area contributed by atoms with Gasteiger partial charge in [0.1, 0.15) is 0 Å². The third-order valence-electron chi connectivity index (χ3n) is 2.75. The van der Waals surface area contributed by atoms with Crippen molar-refractivity contribution >= 4 is 5.95 Å². The smallest absolute Gasteiger partial charge is 0.203 e. The second-order valence-corrected chi connectivity index (χ2v) is 4.38. The van der Waals surface area contributed by atoms with E-state index in [1.807, 2.05) is 6.92 Å². The lowest BCUT2D eigenvalue weighted by molar-refractivity contribution is 0.0758. The van der Waals surface area contributed by atoms with E-state index in [1.54, 1.807) is 7.11 Å². The summed E-state index contributed by atoms with van der Waals surface area (Å²) in [5.41, 5.74) is 1.07. The summed E-state index contributed by atoms with van der Waals surface area (Å²) in [6.45, 7) is 4.79. The number of nitrogens with zero attached hydrogens (tertiary/aromatic N) is 2. The van der Waals surface area contributed by atoms with E-state index >= 15 is 0 Å². The Kier molecular flexibility index (Phi) is 4.39. The van der Waals surface area contributed by atoms with Crippen molar-refractivity contribution in [2.75, 3.05) is 38.8 Å². The summed E-state index contributed by atoms with van der Waals surface area (Å²) in [4.78, 5) is 4.48. The maximum absolute atomic E-state index is 5.39. The Morgan fingerprint density at radius 2 is 2.24 bits per heavy atom. The highest BCUT2D eigenvalue weighted by Crippen LogP contribution is 2.37. The quantitative estimate of drug-likeness (QED) is 0.700. The van der Waals surface area contributed by atoms with Crippen LogP contribution in [0.4, 0.5) is 5.95 Å². The summed E-state index contributed by atoms with van der Waals surface area (Å²) >= 11 is 0. The molecule has 0 saturated heterocycles. The van der Waals surface area contributed by atoms with Crippen LogP contribution in [0.1, 0.15) is 24.6 Å². The van der Waals surface area contributed by atoms with Crippen molar-refractivity contribution in [3.63, 3.8) is 0 Å². The summed E-state index contributed by atoms with van der Waals surface area (Å²) in [5, 5.41) is 3.32. The number of methoxy groups -OCH3 is 1. The van der Waals surface area contributed by atoms with Gasteiger partial charge in [-0.25, -0.2) is 4.98 Å². The number of hydrogen-bond donors (Lipinski definition) is 1. The van der Waals surface area contributed by atoms with Crippen molar-refractivity contribution in [1.29, 1.82) is 0 Å². The lowest BCUT2D eigenvalue weighted by Gasteiger charge is -2.08. The van der Waals surface area contributed by atoms with Gasteiger partial charge in [-0.2, -0.15) is 0 Å². The lowest BCUT2D eigenvalue weighted by atomic mass is 10.5. The van der Waals surface area contributed by atoms with E-state index in [-0.39, 0.29) is 0 Å².